The molecule has 0 saturated carbocycles. The minimum atomic E-state index is -0.267. The fourth-order valence-electron chi connectivity index (χ4n) is 1.75. The lowest BCUT2D eigenvalue weighted by Gasteiger charge is -2.26. The molecule has 0 aromatic heterocycles. The molecule has 3 heteroatoms. The van der Waals surface area contributed by atoms with E-state index in [1.807, 2.05) is 50.3 Å². The minimum absolute atomic E-state index is 0.0411. The van der Waals surface area contributed by atoms with Crippen LogP contribution >= 0.6 is 0 Å². The lowest BCUT2D eigenvalue weighted by Crippen LogP contribution is -2.35. The summed E-state index contributed by atoms with van der Waals surface area (Å²) in [5, 5.41) is 0. The van der Waals surface area contributed by atoms with Crippen molar-refractivity contribution in [3.05, 3.63) is 35.9 Å². The molecule has 1 aliphatic heterocycles. The Morgan fingerprint density at radius 1 is 1.47 bits per heavy atom. The minimum Gasteiger partial charge on any atom is -0.446 e. The standard InChI is InChI=1S/C14H17NO2/c1-3-11(2)17-14(16)15-10-6-8-12-7-4-5-9-13(12)15/h4-9,11H,3,10H2,1-2H3. The van der Waals surface area contributed by atoms with Crippen molar-refractivity contribution >= 4 is 17.9 Å². The molecule has 0 fully saturated rings. The number of para-hydroxylation sites is 1. The number of rotatable bonds is 2. The first-order valence-corrected chi connectivity index (χ1v) is 5.96. The fourth-order valence-corrected chi connectivity index (χ4v) is 1.75. The van der Waals surface area contributed by atoms with Gasteiger partial charge < -0.3 is 4.74 Å². The predicted octanol–water partition coefficient (Wildman–Crippen LogP) is 3.45. The topological polar surface area (TPSA) is 29.5 Å². The molecule has 1 unspecified atom stereocenters. The third kappa shape index (κ3) is 2.49. The number of ether oxygens (including phenoxy) is 1. The third-order valence-electron chi connectivity index (χ3n) is 2.91. The highest BCUT2D eigenvalue weighted by Gasteiger charge is 2.21. The maximum absolute atomic E-state index is 12.0. The van der Waals surface area contributed by atoms with Crippen LogP contribution in [0.1, 0.15) is 25.8 Å². The van der Waals surface area contributed by atoms with Gasteiger partial charge in [-0.2, -0.15) is 0 Å². The average molecular weight is 231 g/mol. The molecule has 1 heterocycles. The molecular weight excluding hydrogens is 214 g/mol. The van der Waals surface area contributed by atoms with Crippen LogP contribution in [0.15, 0.2) is 30.3 Å². The van der Waals surface area contributed by atoms with Gasteiger partial charge in [0.25, 0.3) is 0 Å². The Labute approximate surface area is 102 Å². The second-order valence-corrected chi connectivity index (χ2v) is 4.17. The van der Waals surface area contributed by atoms with E-state index in [0.29, 0.717) is 6.54 Å². The van der Waals surface area contributed by atoms with Crippen LogP contribution in [0.5, 0.6) is 0 Å². The zero-order chi connectivity index (χ0) is 12.3. The number of carbonyl (C=O) groups excluding carboxylic acids is 1. The maximum atomic E-state index is 12.0. The summed E-state index contributed by atoms with van der Waals surface area (Å²) in [6, 6.07) is 7.83. The van der Waals surface area contributed by atoms with Gasteiger partial charge in [0.2, 0.25) is 0 Å². The highest BCUT2D eigenvalue weighted by molar-refractivity contribution is 5.92. The van der Waals surface area contributed by atoms with E-state index in [9.17, 15) is 4.79 Å². The molecule has 1 atom stereocenters. The van der Waals surface area contributed by atoms with Gasteiger partial charge >= 0.3 is 6.09 Å². The molecule has 0 spiro atoms. The van der Waals surface area contributed by atoms with Crippen molar-refractivity contribution in [1.82, 2.24) is 0 Å². The Kier molecular flexibility index (Phi) is 3.47. The first kappa shape index (κ1) is 11.7. The summed E-state index contributed by atoms with van der Waals surface area (Å²) in [5.41, 5.74) is 1.98. The average Bonchev–Trinajstić information content (AvgIpc) is 2.37. The van der Waals surface area contributed by atoms with Crippen molar-refractivity contribution in [2.75, 3.05) is 11.4 Å². The SMILES string of the molecule is CCC(C)OC(=O)N1CC=Cc2ccccc21. The van der Waals surface area contributed by atoms with E-state index >= 15 is 0 Å². The molecule has 1 aromatic rings. The summed E-state index contributed by atoms with van der Waals surface area (Å²) in [7, 11) is 0. The van der Waals surface area contributed by atoms with E-state index in [1.54, 1.807) is 4.90 Å². The van der Waals surface area contributed by atoms with Crippen LogP contribution < -0.4 is 4.90 Å². The second kappa shape index (κ2) is 5.04. The summed E-state index contributed by atoms with van der Waals surface area (Å²) in [4.78, 5) is 13.7. The van der Waals surface area contributed by atoms with Crippen LogP contribution in [0.2, 0.25) is 0 Å². The van der Waals surface area contributed by atoms with Crippen molar-refractivity contribution in [3.63, 3.8) is 0 Å². The Morgan fingerprint density at radius 3 is 3.00 bits per heavy atom. The van der Waals surface area contributed by atoms with Crippen molar-refractivity contribution in [3.8, 4) is 0 Å². The number of anilines is 1. The fraction of sp³-hybridized carbons (Fsp3) is 0.357. The van der Waals surface area contributed by atoms with Gasteiger partial charge in [0.05, 0.1) is 5.69 Å². The van der Waals surface area contributed by atoms with Crippen LogP contribution in [0, 0.1) is 0 Å². The van der Waals surface area contributed by atoms with E-state index < -0.39 is 0 Å². The molecular formula is C14H17NO2. The molecule has 1 amide bonds. The number of benzene rings is 1. The summed E-state index contributed by atoms with van der Waals surface area (Å²) in [5.74, 6) is 0. The van der Waals surface area contributed by atoms with E-state index in [2.05, 4.69) is 0 Å². The van der Waals surface area contributed by atoms with Crippen LogP contribution in [0.3, 0.4) is 0 Å². The third-order valence-corrected chi connectivity index (χ3v) is 2.91. The van der Waals surface area contributed by atoms with Crippen LogP contribution in [0.25, 0.3) is 6.08 Å². The zero-order valence-corrected chi connectivity index (χ0v) is 10.2. The second-order valence-electron chi connectivity index (χ2n) is 4.17. The lowest BCUT2D eigenvalue weighted by atomic mass is 10.1. The van der Waals surface area contributed by atoms with Gasteiger partial charge in [-0.15, -0.1) is 0 Å². The van der Waals surface area contributed by atoms with Crippen molar-refractivity contribution in [1.29, 1.82) is 0 Å². The number of fused-ring (bicyclic) bond motifs is 1. The first-order valence-electron chi connectivity index (χ1n) is 5.96. The van der Waals surface area contributed by atoms with Gasteiger partial charge in [0.1, 0.15) is 6.10 Å². The van der Waals surface area contributed by atoms with E-state index in [-0.39, 0.29) is 12.2 Å². The first-order chi connectivity index (χ1) is 8.22. The molecule has 0 N–H and O–H groups in total. The zero-order valence-electron chi connectivity index (χ0n) is 10.2. The molecule has 1 aromatic carbocycles. The van der Waals surface area contributed by atoms with Gasteiger partial charge in [-0.1, -0.05) is 37.3 Å². The van der Waals surface area contributed by atoms with Crippen molar-refractivity contribution < 1.29 is 9.53 Å². The number of amides is 1. The van der Waals surface area contributed by atoms with E-state index in [0.717, 1.165) is 17.7 Å². The molecule has 3 nitrogen and oxygen atoms in total. The molecule has 0 aliphatic carbocycles. The van der Waals surface area contributed by atoms with Gasteiger partial charge in [0, 0.05) is 6.54 Å². The van der Waals surface area contributed by atoms with Gasteiger partial charge in [0.15, 0.2) is 0 Å². The highest BCUT2D eigenvalue weighted by atomic mass is 16.6. The largest absolute Gasteiger partial charge is 0.446 e. The predicted molar refractivity (Wildman–Crippen MR) is 69.1 cm³/mol. The van der Waals surface area contributed by atoms with Crippen molar-refractivity contribution in [2.24, 2.45) is 0 Å². The molecule has 90 valence electrons. The molecule has 17 heavy (non-hydrogen) atoms. The molecule has 2 rings (SSSR count). The maximum Gasteiger partial charge on any atom is 0.414 e. The molecule has 0 radical (unpaired) electrons. The van der Waals surface area contributed by atoms with Crippen LogP contribution in [-0.4, -0.2) is 18.7 Å². The Bertz CT molecular complexity index is 440. The number of carbonyl (C=O) groups is 1. The van der Waals surface area contributed by atoms with Crippen LogP contribution in [-0.2, 0) is 4.74 Å². The molecule has 0 saturated heterocycles. The smallest absolute Gasteiger partial charge is 0.414 e. The summed E-state index contributed by atoms with van der Waals surface area (Å²) >= 11 is 0. The number of hydrogen-bond acceptors (Lipinski definition) is 2. The molecule has 1 aliphatic rings. The molecule has 0 bridgehead atoms. The summed E-state index contributed by atoms with van der Waals surface area (Å²) in [6.07, 6.45) is 4.52. The Hall–Kier alpha value is -1.77. The lowest BCUT2D eigenvalue weighted by molar-refractivity contribution is 0.112. The van der Waals surface area contributed by atoms with E-state index in [1.165, 1.54) is 0 Å². The van der Waals surface area contributed by atoms with Gasteiger partial charge in [-0.05, 0) is 25.0 Å². The Balaban J connectivity index is 2.18. The monoisotopic (exact) mass is 231 g/mol. The summed E-state index contributed by atoms with van der Waals surface area (Å²) < 4.78 is 5.35. The quantitative estimate of drug-likeness (QED) is 0.780. The van der Waals surface area contributed by atoms with Gasteiger partial charge in [-0.3, -0.25) is 4.90 Å². The normalized spacial score (nSPS) is 15.3. The summed E-state index contributed by atoms with van der Waals surface area (Å²) in [6.45, 7) is 4.48. The van der Waals surface area contributed by atoms with E-state index in [4.69, 9.17) is 4.74 Å². The number of nitrogens with zero attached hydrogens (tertiary/aromatic N) is 1. The van der Waals surface area contributed by atoms with Crippen LogP contribution in [0.4, 0.5) is 10.5 Å². The van der Waals surface area contributed by atoms with Gasteiger partial charge in [-0.25, -0.2) is 4.79 Å². The van der Waals surface area contributed by atoms with Crippen molar-refractivity contribution in [2.45, 2.75) is 26.4 Å². The Morgan fingerprint density at radius 2 is 2.24 bits per heavy atom. The highest BCUT2D eigenvalue weighted by Crippen LogP contribution is 2.26. The number of hydrogen-bond donors (Lipinski definition) is 0.